The average Bonchev–Trinajstić information content (AvgIpc) is 2.99. The van der Waals surface area contributed by atoms with Gasteiger partial charge in [0.25, 0.3) is 5.82 Å². The highest BCUT2D eigenvalue weighted by atomic mass is 16.6. The van der Waals surface area contributed by atoms with Gasteiger partial charge in [-0.15, -0.1) is 5.11 Å². The first-order valence-electron chi connectivity index (χ1n) is 5.57. The lowest BCUT2D eigenvalue weighted by atomic mass is 10.3. The molecule has 0 aliphatic rings. The number of hydrogen-bond donors (Lipinski definition) is 2. The molecular weight excluding hydrogens is 254 g/mol. The van der Waals surface area contributed by atoms with E-state index in [0.717, 1.165) is 12.8 Å². The third-order valence-electron chi connectivity index (χ3n) is 2.21. The van der Waals surface area contributed by atoms with Gasteiger partial charge in [0.1, 0.15) is 0 Å². The van der Waals surface area contributed by atoms with Gasteiger partial charge in [-0.2, -0.15) is 0 Å². The van der Waals surface area contributed by atoms with E-state index in [0.29, 0.717) is 6.54 Å². The summed E-state index contributed by atoms with van der Waals surface area (Å²) in [6.45, 7) is 2.59. The number of hydrogen-bond acceptors (Lipinski definition) is 10. The van der Waals surface area contributed by atoms with Gasteiger partial charge in [0.05, 0.1) is 0 Å². The van der Waals surface area contributed by atoms with Gasteiger partial charge in [0.2, 0.25) is 17.5 Å². The van der Waals surface area contributed by atoms with Gasteiger partial charge in [-0.05, 0) is 27.0 Å². The summed E-state index contributed by atoms with van der Waals surface area (Å²) in [5.74, 6) is 0.537. The lowest BCUT2D eigenvalue weighted by molar-refractivity contribution is 0.308. The fourth-order valence-electron chi connectivity index (χ4n) is 1.23. The van der Waals surface area contributed by atoms with Crippen molar-refractivity contribution in [1.29, 1.82) is 0 Å². The van der Waals surface area contributed by atoms with Gasteiger partial charge in [0, 0.05) is 6.54 Å². The molecule has 2 rings (SSSR count). The smallest absolute Gasteiger partial charge is 0.263 e. The Morgan fingerprint density at radius 3 is 2.42 bits per heavy atom. The minimum atomic E-state index is 0.0467. The maximum absolute atomic E-state index is 5.61. The molecule has 0 amide bonds. The Morgan fingerprint density at radius 1 is 1.11 bits per heavy atom. The van der Waals surface area contributed by atoms with Crippen LogP contribution in [0.15, 0.2) is 19.6 Å². The molecule has 0 spiro atoms. The summed E-state index contributed by atoms with van der Waals surface area (Å²) >= 11 is 0. The molecular formula is C8H13N9O2. The highest BCUT2D eigenvalue weighted by molar-refractivity contribution is 5.55. The van der Waals surface area contributed by atoms with E-state index in [1.165, 1.54) is 5.01 Å². The van der Waals surface area contributed by atoms with Crippen LogP contribution in [-0.2, 0) is 0 Å². The number of nitrogens with zero attached hydrogens (tertiary/aromatic N) is 7. The van der Waals surface area contributed by atoms with Crippen LogP contribution in [0.1, 0.15) is 19.8 Å². The minimum absolute atomic E-state index is 0.0467. The van der Waals surface area contributed by atoms with Crippen LogP contribution >= 0.6 is 0 Å². The molecule has 4 N–H and O–H groups in total. The molecule has 0 unspecified atom stereocenters. The summed E-state index contributed by atoms with van der Waals surface area (Å²) in [5, 5.41) is 23.2. The van der Waals surface area contributed by atoms with E-state index in [2.05, 4.69) is 40.2 Å². The van der Waals surface area contributed by atoms with Crippen molar-refractivity contribution in [2.45, 2.75) is 19.8 Å². The molecule has 0 aliphatic carbocycles. The van der Waals surface area contributed by atoms with E-state index in [4.69, 9.17) is 11.5 Å². The minimum Gasteiger partial charge on any atom is -0.378 e. The second-order valence-electron chi connectivity index (χ2n) is 3.61. The average molecular weight is 267 g/mol. The second kappa shape index (κ2) is 5.75. The largest absolute Gasteiger partial charge is 0.378 e. The molecule has 11 nitrogen and oxygen atoms in total. The van der Waals surface area contributed by atoms with E-state index in [1.54, 1.807) is 0 Å². The summed E-state index contributed by atoms with van der Waals surface area (Å²) in [5.41, 5.74) is 11.1. The van der Waals surface area contributed by atoms with Crippen molar-refractivity contribution in [3.63, 3.8) is 0 Å². The van der Waals surface area contributed by atoms with Gasteiger partial charge in [-0.25, -0.2) is 14.3 Å². The molecule has 0 aliphatic heterocycles. The third kappa shape index (κ3) is 2.94. The molecule has 2 aromatic rings. The van der Waals surface area contributed by atoms with E-state index >= 15 is 0 Å². The predicted octanol–water partition coefficient (Wildman–Crippen LogP) is 0.922. The van der Waals surface area contributed by atoms with Crippen molar-refractivity contribution < 1.29 is 9.26 Å². The van der Waals surface area contributed by atoms with Crippen LogP contribution in [0.4, 0.5) is 23.3 Å². The van der Waals surface area contributed by atoms with E-state index in [9.17, 15) is 0 Å². The first-order chi connectivity index (χ1) is 9.22. The van der Waals surface area contributed by atoms with Crippen molar-refractivity contribution in [3.05, 3.63) is 0 Å². The van der Waals surface area contributed by atoms with E-state index < -0.39 is 0 Å². The molecule has 2 aromatic heterocycles. The maximum atomic E-state index is 5.61. The molecule has 0 bridgehead atoms. The highest BCUT2D eigenvalue weighted by Crippen LogP contribution is 2.21. The molecule has 0 saturated heterocycles. The maximum Gasteiger partial charge on any atom is 0.263 e. The summed E-state index contributed by atoms with van der Waals surface area (Å²) in [7, 11) is 0. The SMILES string of the molecule is CCCCN(N=Nc1nonc1N)c1nonc1N. The normalized spacial score (nSPS) is 11.2. The van der Waals surface area contributed by atoms with Gasteiger partial charge in [-0.1, -0.05) is 18.6 Å². The molecule has 0 saturated carbocycles. The number of aromatic nitrogens is 4. The van der Waals surface area contributed by atoms with Crippen molar-refractivity contribution in [3.8, 4) is 0 Å². The Hall–Kier alpha value is -2.72. The van der Waals surface area contributed by atoms with Crippen LogP contribution in [0.2, 0.25) is 0 Å². The van der Waals surface area contributed by atoms with Gasteiger partial charge >= 0.3 is 0 Å². The quantitative estimate of drug-likeness (QED) is 0.573. The first kappa shape index (κ1) is 12.7. The predicted molar refractivity (Wildman–Crippen MR) is 64.2 cm³/mol. The second-order valence-corrected chi connectivity index (χ2v) is 3.61. The van der Waals surface area contributed by atoms with Gasteiger partial charge in [0.15, 0.2) is 0 Å². The molecule has 2 heterocycles. The van der Waals surface area contributed by atoms with Crippen molar-refractivity contribution >= 4 is 23.3 Å². The number of nitrogens with two attached hydrogens (primary N) is 2. The molecule has 102 valence electrons. The molecule has 11 heteroatoms. The first-order valence-corrected chi connectivity index (χ1v) is 5.57. The Morgan fingerprint density at radius 2 is 1.84 bits per heavy atom. The highest BCUT2D eigenvalue weighted by Gasteiger charge is 2.15. The number of unbranched alkanes of at least 4 members (excludes halogenated alkanes) is 1. The van der Waals surface area contributed by atoms with Gasteiger partial charge < -0.3 is 11.5 Å². The summed E-state index contributed by atoms with van der Waals surface area (Å²) in [4.78, 5) is 0. The van der Waals surface area contributed by atoms with Crippen molar-refractivity contribution in [2.24, 2.45) is 10.3 Å². The molecule has 0 atom stereocenters. The molecule has 0 fully saturated rings. The zero-order valence-electron chi connectivity index (χ0n) is 10.2. The van der Waals surface area contributed by atoms with Crippen molar-refractivity contribution in [2.75, 3.05) is 23.0 Å². The standard InChI is InChI=1S/C8H13N9O2/c1-2-3-4-17(8-6(10)13-19-15-8)16-11-7-5(9)12-18-14-7/h2-4H2,1H3,(H2,9,12)(H2,10,13). The fraction of sp³-hybridized carbons (Fsp3) is 0.500. The Bertz CT molecular complexity index is 548. The van der Waals surface area contributed by atoms with Crippen LogP contribution in [0.25, 0.3) is 0 Å². The molecule has 19 heavy (non-hydrogen) atoms. The topological polar surface area (TPSA) is 158 Å². The lowest BCUT2D eigenvalue weighted by Gasteiger charge is -2.12. The summed E-state index contributed by atoms with van der Waals surface area (Å²) < 4.78 is 8.93. The zero-order valence-corrected chi connectivity index (χ0v) is 10.2. The summed E-state index contributed by atoms with van der Waals surface area (Å²) in [6, 6.07) is 0. The third-order valence-corrected chi connectivity index (χ3v) is 2.21. The van der Waals surface area contributed by atoms with Crippen LogP contribution in [0.5, 0.6) is 0 Å². The molecule has 0 radical (unpaired) electrons. The van der Waals surface area contributed by atoms with Gasteiger partial charge in [-0.3, -0.25) is 0 Å². The van der Waals surface area contributed by atoms with E-state index in [-0.39, 0.29) is 23.3 Å². The summed E-state index contributed by atoms with van der Waals surface area (Å²) in [6.07, 6.45) is 1.82. The zero-order chi connectivity index (χ0) is 13.7. The number of rotatable bonds is 6. The Balaban J connectivity index is 2.17. The fourth-order valence-corrected chi connectivity index (χ4v) is 1.23. The van der Waals surface area contributed by atoms with Crippen LogP contribution < -0.4 is 16.5 Å². The molecule has 0 aromatic carbocycles. The lowest BCUT2D eigenvalue weighted by Crippen LogP contribution is -2.18. The van der Waals surface area contributed by atoms with Crippen LogP contribution in [0, 0.1) is 0 Å². The Kier molecular flexibility index (Phi) is 3.85. The number of anilines is 3. The van der Waals surface area contributed by atoms with E-state index in [1.807, 2.05) is 6.92 Å². The number of nitrogen functional groups attached to an aromatic ring is 2. The van der Waals surface area contributed by atoms with Crippen molar-refractivity contribution in [1.82, 2.24) is 20.6 Å². The van der Waals surface area contributed by atoms with Crippen LogP contribution in [-0.4, -0.2) is 27.2 Å². The van der Waals surface area contributed by atoms with Crippen LogP contribution in [0.3, 0.4) is 0 Å². The monoisotopic (exact) mass is 267 g/mol. The Labute approximate surface area is 107 Å².